The van der Waals surface area contributed by atoms with Crippen LogP contribution in [0.25, 0.3) is 16.9 Å². The molecule has 0 atom stereocenters. The van der Waals surface area contributed by atoms with Crippen molar-refractivity contribution in [3.05, 3.63) is 58.9 Å². The number of imidazole rings is 1. The molecule has 4 heteroatoms. The second-order valence-corrected chi connectivity index (χ2v) is 7.15. The van der Waals surface area contributed by atoms with Crippen LogP contribution < -0.4 is 0 Å². The van der Waals surface area contributed by atoms with E-state index >= 15 is 0 Å². The number of hydrogen-bond acceptors (Lipinski definition) is 1. The third-order valence-corrected chi connectivity index (χ3v) is 4.31. The summed E-state index contributed by atoms with van der Waals surface area (Å²) in [5.74, 6) is 0.387. The van der Waals surface area contributed by atoms with E-state index in [-0.39, 0.29) is 5.41 Å². The van der Waals surface area contributed by atoms with E-state index in [0.717, 1.165) is 22.6 Å². The van der Waals surface area contributed by atoms with E-state index in [1.807, 2.05) is 22.7 Å². The zero-order valence-electron chi connectivity index (χ0n) is 12.9. The SMILES string of the molecule is CC(C)(C)c1ccc(-c2nc3ccc(Cl)cn3c2CCl)cc1. The van der Waals surface area contributed by atoms with Crippen molar-refractivity contribution in [2.75, 3.05) is 0 Å². The standard InChI is InChI=1S/C18H18Cl2N2/c1-18(2,3)13-6-4-12(5-7-13)17-15(10-19)22-11-14(20)8-9-16(22)21-17/h4-9,11H,10H2,1-3H3. The van der Waals surface area contributed by atoms with Gasteiger partial charge in [0.2, 0.25) is 0 Å². The van der Waals surface area contributed by atoms with Crippen molar-refractivity contribution < 1.29 is 0 Å². The fourth-order valence-electron chi connectivity index (χ4n) is 2.55. The van der Waals surface area contributed by atoms with Crippen molar-refractivity contribution in [1.29, 1.82) is 0 Å². The number of benzene rings is 1. The van der Waals surface area contributed by atoms with E-state index in [4.69, 9.17) is 28.2 Å². The molecule has 2 aromatic heterocycles. The van der Waals surface area contributed by atoms with Gasteiger partial charge in [0.05, 0.1) is 22.3 Å². The highest BCUT2D eigenvalue weighted by Crippen LogP contribution is 2.29. The average Bonchev–Trinajstić information content (AvgIpc) is 2.84. The summed E-state index contributed by atoms with van der Waals surface area (Å²) < 4.78 is 1.96. The summed E-state index contributed by atoms with van der Waals surface area (Å²) in [6.45, 7) is 6.62. The predicted molar refractivity (Wildman–Crippen MR) is 93.9 cm³/mol. The van der Waals surface area contributed by atoms with Gasteiger partial charge in [0.15, 0.2) is 0 Å². The minimum atomic E-state index is 0.139. The van der Waals surface area contributed by atoms with Crippen LogP contribution in [0.3, 0.4) is 0 Å². The lowest BCUT2D eigenvalue weighted by Gasteiger charge is -2.19. The molecular weight excluding hydrogens is 315 g/mol. The molecule has 2 nitrogen and oxygen atoms in total. The number of alkyl halides is 1. The maximum atomic E-state index is 6.15. The highest BCUT2D eigenvalue weighted by atomic mass is 35.5. The van der Waals surface area contributed by atoms with E-state index in [1.165, 1.54) is 5.56 Å². The van der Waals surface area contributed by atoms with Gasteiger partial charge in [0.1, 0.15) is 5.65 Å². The molecule has 22 heavy (non-hydrogen) atoms. The summed E-state index contributed by atoms with van der Waals surface area (Å²) in [5, 5.41) is 0.672. The molecule has 2 heterocycles. The van der Waals surface area contributed by atoms with Crippen LogP contribution in [0.4, 0.5) is 0 Å². The highest BCUT2D eigenvalue weighted by molar-refractivity contribution is 6.30. The molecule has 0 radical (unpaired) electrons. The van der Waals surface area contributed by atoms with Gasteiger partial charge in [0, 0.05) is 11.8 Å². The molecular formula is C18H18Cl2N2. The topological polar surface area (TPSA) is 17.3 Å². The van der Waals surface area contributed by atoms with Crippen molar-refractivity contribution in [3.8, 4) is 11.3 Å². The molecule has 3 rings (SSSR count). The number of rotatable bonds is 2. The Kier molecular flexibility index (Phi) is 3.92. The quantitative estimate of drug-likeness (QED) is 0.551. The molecule has 0 aliphatic carbocycles. The van der Waals surface area contributed by atoms with E-state index in [2.05, 4.69) is 45.0 Å². The molecule has 0 bridgehead atoms. The van der Waals surface area contributed by atoms with Crippen molar-refractivity contribution in [2.45, 2.75) is 32.1 Å². The number of fused-ring (bicyclic) bond motifs is 1. The Morgan fingerprint density at radius 2 is 1.73 bits per heavy atom. The number of nitrogens with zero attached hydrogens (tertiary/aromatic N) is 2. The van der Waals surface area contributed by atoms with E-state index in [0.29, 0.717) is 10.9 Å². The maximum absolute atomic E-state index is 6.15. The second-order valence-electron chi connectivity index (χ2n) is 6.44. The fourth-order valence-corrected chi connectivity index (χ4v) is 2.97. The summed E-state index contributed by atoms with van der Waals surface area (Å²) in [7, 11) is 0. The van der Waals surface area contributed by atoms with Gasteiger partial charge >= 0.3 is 0 Å². The first-order chi connectivity index (χ1) is 10.4. The van der Waals surface area contributed by atoms with E-state index < -0.39 is 0 Å². The first-order valence-electron chi connectivity index (χ1n) is 7.23. The number of aromatic nitrogens is 2. The fraction of sp³-hybridized carbons (Fsp3) is 0.278. The van der Waals surface area contributed by atoms with Gasteiger partial charge in [-0.15, -0.1) is 11.6 Å². The van der Waals surface area contributed by atoms with Crippen LogP contribution in [0.1, 0.15) is 32.0 Å². The Morgan fingerprint density at radius 1 is 1.05 bits per heavy atom. The molecule has 0 amide bonds. The average molecular weight is 333 g/mol. The van der Waals surface area contributed by atoms with Crippen molar-refractivity contribution in [3.63, 3.8) is 0 Å². The molecule has 0 spiro atoms. The highest BCUT2D eigenvalue weighted by Gasteiger charge is 2.16. The Balaban J connectivity index is 2.13. The van der Waals surface area contributed by atoms with Gasteiger partial charge < -0.3 is 4.40 Å². The first kappa shape index (κ1) is 15.4. The Hall–Kier alpha value is -1.51. The molecule has 1 aromatic carbocycles. The maximum Gasteiger partial charge on any atom is 0.137 e. The van der Waals surface area contributed by atoms with Gasteiger partial charge in [-0.25, -0.2) is 4.98 Å². The molecule has 0 fully saturated rings. The van der Waals surface area contributed by atoms with Crippen LogP contribution in [0, 0.1) is 0 Å². The third kappa shape index (κ3) is 2.73. The van der Waals surface area contributed by atoms with Gasteiger partial charge in [-0.1, -0.05) is 56.6 Å². The van der Waals surface area contributed by atoms with Crippen molar-refractivity contribution in [1.82, 2.24) is 9.38 Å². The van der Waals surface area contributed by atoms with Gasteiger partial charge in [-0.2, -0.15) is 0 Å². The van der Waals surface area contributed by atoms with E-state index in [9.17, 15) is 0 Å². The monoisotopic (exact) mass is 332 g/mol. The van der Waals surface area contributed by atoms with Crippen molar-refractivity contribution >= 4 is 28.8 Å². The third-order valence-electron chi connectivity index (χ3n) is 3.83. The summed E-state index contributed by atoms with van der Waals surface area (Å²) in [4.78, 5) is 4.71. The molecule has 0 saturated heterocycles. The van der Waals surface area contributed by atoms with Crippen LogP contribution >= 0.6 is 23.2 Å². The van der Waals surface area contributed by atoms with Gasteiger partial charge in [-0.05, 0) is 23.1 Å². The Morgan fingerprint density at radius 3 is 2.32 bits per heavy atom. The summed E-state index contributed by atoms with van der Waals surface area (Å²) in [5.41, 5.74) is 5.25. The second kappa shape index (κ2) is 5.60. The van der Waals surface area contributed by atoms with Crippen LogP contribution in [-0.4, -0.2) is 9.38 Å². The lowest BCUT2D eigenvalue weighted by Crippen LogP contribution is -2.10. The Labute approximate surface area is 140 Å². The summed E-state index contributed by atoms with van der Waals surface area (Å²) in [6.07, 6.45) is 1.86. The van der Waals surface area contributed by atoms with Crippen molar-refractivity contribution in [2.24, 2.45) is 0 Å². The lowest BCUT2D eigenvalue weighted by molar-refractivity contribution is 0.590. The molecule has 0 aliphatic heterocycles. The zero-order valence-corrected chi connectivity index (χ0v) is 14.4. The number of hydrogen-bond donors (Lipinski definition) is 0. The zero-order chi connectivity index (χ0) is 15.9. The summed E-state index contributed by atoms with van der Waals surface area (Å²) >= 11 is 12.2. The molecule has 0 N–H and O–H groups in total. The molecule has 0 aliphatic rings. The van der Waals surface area contributed by atoms with Crippen LogP contribution in [0.2, 0.25) is 5.02 Å². The normalized spacial score (nSPS) is 12.0. The minimum Gasteiger partial charge on any atom is -0.301 e. The van der Waals surface area contributed by atoms with Gasteiger partial charge in [0.25, 0.3) is 0 Å². The summed E-state index contributed by atoms with van der Waals surface area (Å²) in [6, 6.07) is 12.3. The number of pyridine rings is 1. The molecule has 3 aromatic rings. The minimum absolute atomic E-state index is 0.139. The van der Waals surface area contributed by atoms with Crippen LogP contribution in [0.5, 0.6) is 0 Å². The first-order valence-corrected chi connectivity index (χ1v) is 8.15. The molecule has 114 valence electrons. The lowest BCUT2D eigenvalue weighted by atomic mass is 9.86. The largest absolute Gasteiger partial charge is 0.301 e. The Bertz CT molecular complexity index is 811. The van der Waals surface area contributed by atoms with E-state index in [1.54, 1.807) is 0 Å². The van der Waals surface area contributed by atoms with Crippen LogP contribution in [-0.2, 0) is 11.3 Å². The smallest absolute Gasteiger partial charge is 0.137 e. The number of halogens is 2. The van der Waals surface area contributed by atoms with Gasteiger partial charge in [-0.3, -0.25) is 0 Å². The predicted octanol–water partition coefficient (Wildman–Crippen LogP) is 5.69. The van der Waals surface area contributed by atoms with Crippen LogP contribution in [0.15, 0.2) is 42.6 Å². The molecule has 0 saturated carbocycles. The molecule has 0 unspecified atom stereocenters.